The molecule has 2 N–H and O–H groups in total. The molecule has 0 aromatic heterocycles. The second-order valence-electron chi connectivity index (χ2n) is 6.04. The van der Waals surface area contributed by atoms with Gasteiger partial charge in [-0.3, -0.25) is 0 Å². The van der Waals surface area contributed by atoms with Crippen LogP contribution in [0.2, 0.25) is 0 Å². The smallest absolute Gasteiger partial charge is 0.335 e. The van der Waals surface area contributed by atoms with Gasteiger partial charge in [-0.25, -0.2) is 4.79 Å². The summed E-state index contributed by atoms with van der Waals surface area (Å²) in [7, 11) is 0. The number of ether oxygens (including phenoxy) is 3. The molecule has 0 atom stereocenters. The van der Waals surface area contributed by atoms with E-state index in [1.807, 2.05) is 24.3 Å². The second kappa shape index (κ2) is 6.92. The van der Waals surface area contributed by atoms with Gasteiger partial charge >= 0.3 is 5.97 Å². The molecule has 4 rings (SSSR count). The summed E-state index contributed by atoms with van der Waals surface area (Å²) < 4.78 is 16.5. The maximum Gasteiger partial charge on any atom is 0.335 e. The number of aromatic hydroxyl groups is 2. The third-order valence-electron chi connectivity index (χ3n) is 4.10. The first kappa shape index (κ1) is 16.8. The summed E-state index contributed by atoms with van der Waals surface area (Å²) in [5, 5.41) is 18.8. The van der Waals surface area contributed by atoms with E-state index in [0.717, 1.165) is 16.9 Å². The van der Waals surface area contributed by atoms with Crippen molar-refractivity contribution < 1.29 is 29.2 Å². The molecule has 0 unspecified atom stereocenters. The number of hydrogen-bond donors (Lipinski definition) is 2. The average molecular weight is 364 g/mol. The predicted molar refractivity (Wildman–Crippen MR) is 99.3 cm³/mol. The minimum absolute atomic E-state index is 0.140. The van der Waals surface area contributed by atoms with Crippen LogP contribution in [0.1, 0.15) is 16.7 Å². The molecule has 27 heavy (non-hydrogen) atoms. The lowest BCUT2D eigenvalue weighted by Crippen LogP contribution is -2.13. The van der Waals surface area contributed by atoms with Crippen LogP contribution in [0.5, 0.6) is 23.0 Å². The van der Waals surface area contributed by atoms with Gasteiger partial charge in [-0.05, 0) is 42.0 Å². The number of carbonyl (C=O) groups is 1. The zero-order valence-electron chi connectivity index (χ0n) is 14.2. The van der Waals surface area contributed by atoms with E-state index >= 15 is 0 Å². The molecule has 0 fully saturated rings. The Hall–Kier alpha value is -3.67. The van der Waals surface area contributed by atoms with Gasteiger partial charge in [-0.1, -0.05) is 12.1 Å². The van der Waals surface area contributed by atoms with Crippen LogP contribution in [0.3, 0.4) is 0 Å². The molecular weight excluding hydrogens is 348 g/mol. The highest BCUT2D eigenvalue weighted by atomic mass is 16.6. The third-order valence-corrected chi connectivity index (χ3v) is 4.10. The van der Waals surface area contributed by atoms with Crippen LogP contribution in [-0.2, 0) is 9.53 Å². The van der Waals surface area contributed by atoms with Gasteiger partial charge < -0.3 is 24.4 Å². The zero-order chi connectivity index (χ0) is 18.8. The molecule has 0 radical (unpaired) electrons. The van der Waals surface area contributed by atoms with E-state index in [1.54, 1.807) is 12.1 Å². The molecule has 0 spiro atoms. The van der Waals surface area contributed by atoms with Crippen molar-refractivity contribution in [3.05, 3.63) is 64.9 Å². The number of phenols is 2. The monoisotopic (exact) mass is 364 g/mol. The van der Waals surface area contributed by atoms with Gasteiger partial charge in [0.25, 0.3) is 0 Å². The fourth-order valence-corrected chi connectivity index (χ4v) is 2.80. The number of benzene rings is 2. The minimum atomic E-state index is -0.568. The van der Waals surface area contributed by atoms with E-state index in [0.29, 0.717) is 23.7 Å². The highest BCUT2D eigenvalue weighted by molar-refractivity contribution is 5.88. The summed E-state index contributed by atoms with van der Waals surface area (Å²) in [6.45, 7) is 0.677. The van der Waals surface area contributed by atoms with Crippen molar-refractivity contribution in [1.82, 2.24) is 0 Å². The van der Waals surface area contributed by atoms with Gasteiger partial charge in [-0.15, -0.1) is 0 Å². The summed E-state index contributed by atoms with van der Waals surface area (Å²) in [6, 6.07) is 8.00. The molecule has 136 valence electrons. The summed E-state index contributed by atoms with van der Waals surface area (Å²) >= 11 is 0. The molecule has 2 aliphatic rings. The van der Waals surface area contributed by atoms with Gasteiger partial charge in [-0.2, -0.15) is 0 Å². The number of phenolic OH excluding ortho intramolecular Hbond substituents is 2. The van der Waals surface area contributed by atoms with Crippen molar-refractivity contribution >= 4 is 24.2 Å². The maximum absolute atomic E-state index is 12.0. The Bertz CT molecular complexity index is 1000. The fourth-order valence-electron chi connectivity index (χ4n) is 2.80. The number of rotatable bonds is 3. The Morgan fingerprint density at radius 1 is 1.04 bits per heavy atom. The van der Waals surface area contributed by atoms with Gasteiger partial charge in [0.15, 0.2) is 11.5 Å². The first-order valence-corrected chi connectivity index (χ1v) is 8.31. The Kier molecular flexibility index (Phi) is 4.30. The molecular formula is C21H16O6. The number of hydrogen-bond acceptors (Lipinski definition) is 6. The summed E-state index contributed by atoms with van der Waals surface area (Å²) in [5.41, 5.74) is 2.31. The molecule has 0 aliphatic carbocycles. The summed E-state index contributed by atoms with van der Waals surface area (Å²) in [6.07, 6.45) is 8.39. The van der Waals surface area contributed by atoms with E-state index in [1.165, 1.54) is 24.3 Å². The van der Waals surface area contributed by atoms with Crippen LogP contribution in [0.4, 0.5) is 0 Å². The summed E-state index contributed by atoms with van der Waals surface area (Å²) in [4.78, 5) is 12.0. The Morgan fingerprint density at radius 2 is 1.89 bits per heavy atom. The molecule has 0 bridgehead atoms. The molecule has 2 aromatic carbocycles. The topological polar surface area (TPSA) is 85.2 Å². The highest BCUT2D eigenvalue weighted by Crippen LogP contribution is 2.35. The normalized spacial score (nSPS) is 14.6. The molecule has 6 heteroatoms. The van der Waals surface area contributed by atoms with E-state index in [-0.39, 0.29) is 18.1 Å². The first-order valence-electron chi connectivity index (χ1n) is 8.31. The quantitative estimate of drug-likeness (QED) is 0.493. The Labute approximate surface area is 155 Å². The lowest BCUT2D eigenvalue weighted by Gasteiger charge is -2.20. The molecule has 2 heterocycles. The van der Waals surface area contributed by atoms with Crippen molar-refractivity contribution in [2.75, 3.05) is 13.2 Å². The van der Waals surface area contributed by atoms with Crippen molar-refractivity contribution in [1.29, 1.82) is 0 Å². The SMILES string of the molecule is O=C(/C=C/c1ccc(O)c(O)c1)OC1=Cc2cc3c(cc2OC1)OCC=C3. The molecule has 0 saturated carbocycles. The third kappa shape index (κ3) is 3.64. The number of carbonyl (C=O) groups excluding carboxylic acids is 1. The van der Waals surface area contributed by atoms with Crippen LogP contribution in [0.25, 0.3) is 18.2 Å². The Morgan fingerprint density at radius 3 is 2.74 bits per heavy atom. The van der Waals surface area contributed by atoms with Crippen LogP contribution >= 0.6 is 0 Å². The van der Waals surface area contributed by atoms with Crippen molar-refractivity contribution in [2.24, 2.45) is 0 Å². The maximum atomic E-state index is 12.0. The van der Waals surface area contributed by atoms with Gasteiger partial charge in [0, 0.05) is 23.3 Å². The van der Waals surface area contributed by atoms with Crippen LogP contribution in [-0.4, -0.2) is 29.4 Å². The van der Waals surface area contributed by atoms with Crippen molar-refractivity contribution in [3.8, 4) is 23.0 Å². The van der Waals surface area contributed by atoms with Gasteiger partial charge in [0.1, 0.15) is 30.5 Å². The molecule has 6 nitrogen and oxygen atoms in total. The van der Waals surface area contributed by atoms with Crippen LogP contribution in [0, 0.1) is 0 Å². The van der Waals surface area contributed by atoms with Crippen molar-refractivity contribution in [2.45, 2.75) is 0 Å². The highest BCUT2D eigenvalue weighted by Gasteiger charge is 2.18. The second-order valence-corrected chi connectivity index (χ2v) is 6.04. The lowest BCUT2D eigenvalue weighted by molar-refractivity contribution is -0.134. The molecule has 0 amide bonds. The molecule has 0 saturated heterocycles. The lowest BCUT2D eigenvalue weighted by atomic mass is 10.0. The number of fused-ring (bicyclic) bond motifs is 2. The zero-order valence-corrected chi connectivity index (χ0v) is 14.2. The predicted octanol–water partition coefficient (Wildman–Crippen LogP) is 3.49. The largest absolute Gasteiger partial charge is 0.504 e. The Balaban J connectivity index is 1.47. The minimum Gasteiger partial charge on any atom is -0.504 e. The fraction of sp³-hybridized carbons (Fsp3) is 0.0952. The van der Waals surface area contributed by atoms with Crippen molar-refractivity contribution in [3.63, 3.8) is 0 Å². The van der Waals surface area contributed by atoms with Crippen LogP contribution in [0.15, 0.2) is 48.2 Å². The number of esters is 1. The molecule has 2 aliphatic heterocycles. The summed E-state index contributed by atoms with van der Waals surface area (Å²) in [5.74, 6) is 0.796. The van der Waals surface area contributed by atoms with Gasteiger partial charge in [0.2, 0.25) is 0 Å². The first-order chi connectivity index (χ1) is 13.1. The van der Waals surface area contributed by atoms with E-state index < -0.39 is 5.97 Å². The van der Waals surface area contributed by atoms with Crippen LogP contribution < -0.4 is 9.47 Å². The van der Waals surface area contributed by atoms with E-state index in [4.69, 9.17) is 14.2 Å². The average Bonchev–Trinajstić information content (AvgIpc) is 2.67. The van der Waals surface area contributed by atoms with E-state index in [2.05, 4.69) is 0 Å². The van der Waals surface area contributed by atoms with Gasteiger partial charge in [0.05, 0.1) is 0 Å². The van der Waals surface area contributed by atoms with E-state index in [9.17, 15) is 15.0 Å². The molecule has 2 aromatic rings. The standard InChI is InChI=1S/C21H16O6/c22-17-5-3-13(8-18(17)23)4-6-21(24)27-16-10-15-9-14-2-1-7-25-19(14)11-20(15)26-12-16/h1-6,8-11,22-23H,7,12H2/b6-4+.